The van der Waals surface area contributed by atoms with E-state index in [2.05, 4.69) is 53.0 Å². The van der Waals surface area contributed by atoms with Crippen molar-refractivity contribution in [1.82, 2.24) is 9.78 Å². The van der Waals surface area contributed by atoms with Crippen LogP contribution in [-0.4, -0.2) is 35.9 Å². The SMILES string of the molecule is CC#Cc1ccc(C(=O)OC)c2c1cnn2[C@H](C)c1ccc(N2CCCC2)cc1. The summed E-state index contributed by atoms with van der Waals surface area (Å²) in [5, 5.41) is 5.49. The second kappa shape index (κ2) is 8.00. The zero-order valence-electron chi connectivity index (χ0n) is 17.1. The monoisotopic (exact) mass is 387 g/mol. The molecule has 0 N–H and O–H groups in total. The van der Waals surface area contributed by atoms with E-state index in [0.29, 0.717) is 5.56 Å². The first-order chi connectivity index (χ1) is 14.1. The van der Waals surface area contributed by atoms with Gasteiger partial charge in [-0.1, -0.05) is 18.1 Å². The highest BCUT2D eigenvalue weighted by atomic mass is 16.5. The molecule has 0 unspecified atom stereocenters. The van der Waals surface area contributed by atoms with Gasteiger partial charge in [0.25, 0.3) is 0 Å². The molecule has 3 aromatic rings. The van der Waals surface area contributed by atoms with Gasteiger partial charge in [-0.25, -0.2) is 4.79 Å². The minimum Gasteiger partial charge on any atom is -0.465 e. The lowest BCUT2D eigenvalue weighted by Gasteiger charge is -2.20. The molecule has 2 aromatic carbocycles. The van der Waals surface area contributed by atoms with Crippen LogP contribution in [0.3, 0.4) is 0 Å². The number of hydrogen-bond acceptors (Lipinski definition) is 4. The van der Waals surface area contributed by atoms with Crippen LogP contribution in [0.15, 0.2) is 42.6 Å². The average molecular weight is 387 g/mol. The summed E-state index contributed by atoms with van der Waals surface area (Å²) in [7, 11) is 1.40. The van der Waals surface area contributed by atoms with Crippen molar-refractivity contribution in [2.24, 2.45) is 0 Å². The van der Waals surface area contributed by atoms with E-state index in [9.17, 15) is 4.79 Å². The van der Waals surface area contributed by atoms with Gasteiger partial charge in [0, 0.05) is 29.7 Å². The number of esters is 1. The maximum Gasteiger partial charge on any atom is 0.340 e. The van der Waals surface area contributed by atoms with Gasteiger partial charge in [0.1, 0.15) is 0 Å². The molecule has 0 amide bonds. The fourth-order valence-corrected chi connectivity index (χ4v) is 4.06. The molecule has 1 saturated heterocycles. The normalized spacial score (nSPS) is 14.5. The molecule has 29 heavy (non-hydrogen) atoms. The highest BCUT2D eigenvalue weighted by molar-refractivity contribution is 6.04. The summed E-state index contributed by atoms with van der Waals surface area (Å²) in [6, 6.07) is 12.3. The minimum absolute atomic E-state index is 0.0339. The van der Waals surface area contributed by atoms with Gasteiger partial charge in [-0.05, 0) is 56.5 Å². The first-order valence-electron chi connectivity index (χ1n) is 10.00. The minimum atomic E-state index is -0.371. The Kier molecular flexibility index (Phi) is 5.26. The van der Waals surface area contributed by atoms with E-state index in [0.717, 1.165) is 35.1 Å². The topological polar surface area (TPSA) is 47.4 Å². The van der Waals surface area contributed by atoms with E-state index in [-0.39, 0.29) is 12.0 Å². The number of benzene rings is 2. The maximum atomic E-state index is 12.4. The first-order valence-corrected chi connectivity index (χ1v) is 10.00. The maximum absolute atomic E-state index is 12.4. The smallest absolute Gasteiger partial charge is 0.340 e. The van der Waals surface area contributed by atoms with Crippen molar-refractivity contribution in [2.45, 2.75) is 32.7 Å². The average Bonchev–Trinajstić information content (AvgIpc) is 3.44. The van der Waals surface area contributed by atoms with Crippen LogP contribution in [0.25, 0.3) is 10.9 Å². The highest BCUT2D eigenvalue weighted by Gasteiger charge is 2.21. The van der Waals surface area contributed by atoms with Crippen molar-refractivity contribution in [3.05, 3.63) is 59.3 Å². The molecule has 1 aromatic heterocycles. The number of ether oxygens (including phenoxy) is 1. The number of aromatic nitrogens is 2. The number of nitrogens with zero attached hydrogens (tertiary/aromatic N) is 3. The second-order valence-corrected chi connectivity index (χ2v) is 7.34. The van der Waals surface area contributed by atoms with Crippen LogP contribution in [0, 0.1) is 11.8 Å². The van der Waals surface area contributed by atoms with Crippen LogP contribution in [-0.2, 0) is 4.74 Å². The van der Waals surface area contributed by atoms with Gasteiger partial charge >= 0.3 is 5.97 Å². The Morgan fingerprint density at radius 2 is 1.86 bits per heavy atom. The summed E-state index contributed by atoms with van der Waals surface area (Å²) in [5.74, 6) is 5.67. The largest absolute Gasteiger partial charge is 0.465 e. The van der Waals surface area contributed by atoms with Gasteiger partial charge in [0.15, 0.2) is 0 Å². The summed E-state index contributed by atoms with van der Waals surface area (Å²) in [5.41, 5.74) is 4.52. The Morgan fingerprint density at radius 3 is 2.52 bits per heavy atom. The zero-order valence-corrected chi connectivity index (χ0v) is 17.1. The van der Waals surface area contributed by atoms with E-state index >= 15 is 0 Å². The Labute approximate surface area is 171 Å². The van der Waals surface area contributed by atoms with Crippen molar-refractivity contribution in [2.75, 3.05) is 25.1 Å². The Morgan fingerprint density at radius 1 is 1.14 bits per heavy atom. The third-order valence-corrected chi connectivity index (χ3v) is 5.64. The molecule has 4 rings (SSSR count). The molecule has 0 spiro atoms. The predicted molar refractivity (Wildman–Crippen MR) is 115 cm³/mol. The third kappa shape index (κ3) is 3.47. The van der Waals surface area contributed by atoms with Gasteiger partial charge in [-0.3, -0.25) is 4.68 Å². The number of carbonyl (C=O) groups is 1. The number of anilines is 1. The van der Waals surface area contributed by atoms with E-state index in [1.54, 1.807) is 19.2 Å². The van der Waals surface area contributed by atoms with Gasteiger partial charge in [0.2, 0.25) is 0 Å². The van der Waals surface area contributed by atoms with Crippen LogP contribution in [0.5, 0.6) is 0 Å². The van der Waals surface area contributed by atoms with E-state index in [1.807, 2.05) is 10.7 Å². The molecule has 1 aliphatic rings. The molecular weight excluding hydrogens is 362 g/mol. The second-order valence-electron chi connectivity index (χ2n) is 7.34. The van der Waals surface area contributed by atoms with Gasteiger partial charge in [0.05, 0.1) is 30.4 Å². The molecule has 1 aliphatic heterocycles. The van der Waals surface area contributed by atoms with Crippen LogP contribution in [0.1, 0.15) is 54.2 Å². The number of hydrogen-bond donors (Lipinski definition) is 0. The van der Waals surface area contributed by atoms with Crippen molar-refractivity contribution >= 4 is 22.6 Å². The molecule has 5 nitrogen and oxygen atoms in total. The number of fused-ring (bicyclic) bond motifs is 1. The molecule has 148 valence electrons. The molecule has 1 atom stereocenters. The van der Waals surface area contributed by atoms with Crippen LogP contribution < -0.4 is 4.90 Å². The molecule has 0 saturated carbocycles. The fourth-order valence-electron chi connectivity index (χ4n) is 4.06. The van der Waals surface area contributed by atoms with Crippen molar-refractivity contribution < 1.29 is 9.53 Å². The van der Waals surface area contributed by atoms with Crippen LogP contribution in [0.2, 0.25) is 0 Å². The third-order valence-electron chi connectivity index (χ3n) is 5.64. The number of carbonyl (C=O) groups excluding carboxylic acids is 1. The molecule has 0 aliphatic carbocycles. The summed E-state index contributed by atoms with van der Waals surface area (Å²) in [6.07, 6.45) is 4.31. The Balaban J connectivity index is 1.77. The lowest BCUT2D eigenvalue weighted by Crippen LogP contribution is -2.17. The number of methoxy groups -OCH3 is 1. The van der Waals surface area contributed by atoms with Gasteiger partial charge in [-0.15, -0.1) is 5.92 Å². The first kappa shape index (κ1) is 19.1. The summed E-state index contributed by atoms with van der Waals surface area (Å²) in [6.45, 7) is 6.15. The van der Waals surface area contributed by atoms with Gasteiger partial charge in [-0.2, -0.15) is 5.10 Å². The standard InChI is InChI=1S/C24H25N3O2/c1-4-7-19-10-13-21(24(28)29-3)23-22(19)16-25-27(23)17(2)18-8-11-20(12-9-18)26-14-5-6-15-26/h8-13,16-17H,5-6,14-15H2,1-3H3/t17-/m1/s1. The molecule has 5 heteroatoms. The molecule has 0 bridgehead atoms. The molecular formula is C24H25N3O2. The van der Waals surface area contributed by atoms with Crippen molar-refractivity contribution in [3.63, 3.8) is 0 Å². The zero-order chi connectivity index (χ0) is 20.4. The van der Waals surface area contributed by atoms with Crippen molar-refractivity contribution in [1.29, 1.82) is 0 Å². The van der Waals surface area contributed by atoms with Crippen molar-refractivity contribution in [3.8, 4) is 11.8 Å². The quantitative estimate of drug-likeness (QED) is 0.492. The Hall–Kier alpha value is -3.26. The molecule has 2 heterocycles. The van der Waals surface area contributed by atoms with Crippen LogP contribution >= 0.6 is 0 Å². The lowest BCUT2D eigenvalue weighted by atomic mass is 10.0. The van der Waals surface area contributed by atoms with E-state index in [4.69, 9.17) is 4.74 Å². The van der Waals surface area contributed by atoms with Gasteiger partial charge < -0.3 is 9.64 Å². The van der Waals surface area contributed by atoms with E-state index < -0.39 is 0 Å². The predicted octanol–water partition coefficient (Wildman–Crippen LogP) is 4.40. The fraction of sp³-hybridized carbons (Fsp3) is 0.333. The molecule has 1 fully saturated rings. The van der Waals surface area contributed by atoms with Crippen LogP contribution in [0.4, 0.5) is 5.69 Å². The highest BCUT2D eigenvalue weighted by Crippen LogP contribution is 2.30. The lowest BCUT2D eigenvalue weighted by molar-refractivity contribution is 0.0602. The Bertz CT molecular complexity index is 1100. The summed E-state index contributed by atoms with van der Waals surface area (Å²) < 4.78 is 6.90. The van der Waals surface area contributed by atoms with E-state index in [1.165, 1.54) is 25.6 Å². The molecule has 0 radical (unpaired) electrons. The summed E-state index contributed by atoms with van der Waals surface area (Å²) >= 11 is 0. The number of rotatable bonds is 4. The summed E-state index contributed by atoms with van der Waals surface area (Å²) in [4.78, 5) is 14.8.